The van der Waals surface area contributed by atoms with Gasteiger partial charge in [-0.2, -0.15) is 0 Å². The van der Waals surface area contributed by atoms with Gasteiger partial charge in [-0.1, -0.05) is 41.9 Å². The van der Waals surface area contributed by atoms with Crippen molar-refractivity contribution in [3.05, 3.63) is 70.7 Å². The van der Waals surface area contributed by atoms with Crippen LogP contribution in [0.1, 0.15) is 28.3 Å². The molecular weight excluding hydrogens is 409 g/mol. The van der Waals surface area contributed by atoms with Crippen LogP contribution in [0.25, 0.3) is 0 Å². The fourth-order valence-electron chi connectivity index (χ4n) is 2.41. The molecule has 9 heteroatoms. The molecule has 0 aliphatic heterocycles. The SMILES string of the molecule is O=C(NCCC(C(=O)[O-])c1ccc(Cl)cc1)OCCOC(=O)c1ccccc1.[Na+]. The molecule has 0 spiro atoms. The van der Waals surface area contributed by atoms with E-state index < -0.39 is 23.9 Å². The fourth-order valence-corrected chi connectivity index (χ4v) is 2.54. The monoisotopic (exact) mass is 427 g/mol. The fraction of sp³-hybridized carbons (Fsp3) is 0.250. The summed E-state index contributed by atoms with van der Waals surface area (Å²) >= 11 is 5.79. The summed E-state index contributed by atoms with van der Waals surface area (Å²) in [4.78, 5) is 34.7. The van der Waals surface area contributed by atoms with E-state index in [4.69, 9.17) is 21.1 Å². The topological polar surface area (TPSA) is 105 Å². The first-order valence-electron chi connectivity index (χ1n) is 8.56. The number of hydrogen-bond acceptors (Lipinski definition) is 6. The largest absolute Gasteiger partial charge is 1.00 e. The van der Waals surface area contributed by atoms with Gasteiger partial charge < -0.3 is 24.7 Å². The second-order valence-electron chi connectivity index (χ2n) is 5.78. The van der Waals surface area contributed by atoms with Gasteiger partial charge in [0.25, 0.3) is 0 Å². The molecule has 148 valence electrons. The molecule has 0 radical (unpaired) electrons. The van der Waals surface area contributed by atoms with E-state index >= 15 is 0 Å². The molecule has 0 heterocycles. The number of nitrogens with one attached hydrogen (secondary N) is 1. The maximum atomic E-state index is 11.7. The van der Waals surface area contributed by atoms with Crippen molar-refractivity contribution in [1.82, 2.24) is 5.32 Å². The van der Waals surface area contributed by atoms with Gasteiger partial charge in [0.2, 0.25) is 0 Å². The number of carboxylic acids is 1. The van der Waals surface area contributed by atoms with E-state index in [-0.39, 0.29) is 55.7 Å². The molecule has 0 aliphatic rings. The molecule has 2 aromatic rings. The Hall–Kier alpha value is -2.06. The first kappa shape index (κ1) is 25.0. The minimum absolute atomic E-state index is 0. The van der Waals surface area contributed by atoms with Gasteiger partial charge in [0.1, 0.15) is 13.2 Å². The average molecular weight is 428 g/mol. The van der Waals surface area contributed by atoms with Gasteiger partial charge in [0.05, 0.1) is 5.56 Å². The molecule has 2 rings (SSSR count). The zero-order valence-corrected chi connectivity index (χ0v) is 18.7. The van der Waals surface area contributed by atoms with Crippen LogP contribution in [0, 0.1) is 0 Å². The maximum Gasteiger partial charge on any atom is 1.00 e. The molecule has 0 bridgehead atoms. The summed E-state index contributed by atoms with van der Waals surface area (Å²) in [6, 6.07) is 14.8. The Morgan fingerprint density at radius 3 is 2.21 bits per heavy atom. The van der Waals surface area contributed by atoms with Crippen molar-refractivity contribution in [3.63, 3.8) is 0 Å². The Labute approximate surface area is 195 Å². The summed E-state index contributed by atoms with van der Waals surface area (Å²) in [6.45, 7) is -0.136. The second kappa shape index (κ2) is 13.2. The molecule has 1 N–H and O–H groups in total. The third kappa shape index (κ3) is 8.87. The van der Waals surface area contributed by atoms with Gasteiger partial charge in [-0.05, 0) is 36.2 Å². The van der Waals surface area contributed by atoms with Crippen molar-refractivity contribution < 1.29 is 58.5 Å². The maximum absolute atomic E-state index is 11.7. The van der Waals surface area contributed by atoms with E-state index in [2.05, 4.69) is 5.32 Å². The first-order valence-corrected chi connectivity index (χ1v) is 8.94. The number of hydrogen-bond donors (Lipinski definition) is 1. The van der Waals surface area contributed by atoms with Crippen LogP contribution in [-0.2, 0) is 14.3 Å². The number of amides is 1. The van der Waals surface area contributed by atoms with Gasteiger partial charge in [0, 0.05) is 23.5 Å². The molecule has 2 aromatic carbocycles. The summed E-state index contributed by atoms with van der Waals surface area (Å²) in [6.07, 6.45) is -0.605. The van der Waals surface area contributed by atoms with Gasteiger partial charge >= 0.3 is 41.6 Å². The summed E-state index contributed by atoms with van der Waals surface area (Å²) in [5.41, 5.74) is 0.940. The number of benzene rings is 2. The summed E-state index contributed by atoms with van der Waals surface area (Å²) < 4.78 is 9.86. The van der Waals surface area contributed by atoms with Gasteiger partial charge in [-0.3, -0.25) is 0 Å². The molecular formula is C20H19ClNNaO6. The molecule has 7 nitrogen and oxygen atoms in total. The van der Waals surface area contributed by atoms with E-state index in [9.17, 15) is 19.5 Å². The molecule has 29 heavy (non-hydrogen) atoms. The van der Waals surface area contributed by atoms with Crippen LogP contribution < -0.4 is 40.0 Å². The quantitative estimate of drug-likeness (QED) is 0.317. The number of carboxylic acid groups (broad SMARTS) is 1. The smallest absolute Gasteiger partial charge is 0.549 e. The number of carbonyl (C=O) groups excluding carboxylic acids is 3. The zero-order chi connectivity index (χ0) is 20.4. The van der Waals surface area contributed by atoms with E-state index in [1.165, 1.54) is 0 Å². The Morgan fingerprint density at radius 1 is 0.966 bits per heavy atom. The predicted molar refractivity (Wildman–Crippen MR) is 99.9 cm³/mol. The van der Waals surface area contributed by atoms with Crippen LogP contribution in [0.2, 0.25) is 5.02 Å². The number of ether oxygens (including phenoxy) is 2. The Kier molecular flexibility index (Phi) is 11.4. The van der Waals surface area contributed by atoms with Gasteiger partial charge in [0.15, 0.2) is 0 Å². The Morgan fingerprint density at radius 2 is 1.59 bits per heavy atom. The second-order valence-corrected chi connectivity index (χ2v) is 6.21. The summed E-state index contributed by atoms with van der Waals surface area (Å²) in [7, 11) is 0. The van der Waals surface area contributed by atoms with Crippen molar-refractivity contribution in [2.24, 2.45) is 0 Å². The van der Waals surface area contributed by atoms with Crippen molar-refractivity contribution in [2.75, 3.05) is 19.8 Å². The number of alkyl carbamates (subject to hydrolysis) is 1. The van der Waals surface area contributed by atoms with Crippen molar-refractivity contribution >= 4 is 29.6 Å². The summed E-state index contributed by atoms with van der Waals surface area (Å²) in [5, 5.41) is 14.3. The normalized spacial score (nSPS) is 10.9. The molecule has 0 fully saturated rings. The molecule has 0 aromatic heterocycles. The van der Waals surface area contributed by atoms with Crippen molar-refractivity contribution in [1.29, 1.82) is 0 Å². The molecule has 1 atom stereocenters. The number of rotatable bonds is 9. The minimum atomic E-state index is -1.25. The Balaban J connectivity index is 0.00000420. The number of esters is 1. The predicted octanol–water partition coefficient (Wildman–Crippen LogP) is -0.849. The van der Waals surface area contributed by atoms with Crippen LogP contribution in [0.15, 0.2) is 54.6 Å². The van der Waals surface area contributed by atoms with Crippen LogP contribution in [-0.4, -0.2) is 37.8 Å². The van der Waals surface area contributed by atoms with Gasteiger partial charge in [-0.25, -0.2) is 9.59 Å². The third-order valence-electron chi connectivity index (χ3n) is 3.82. The molecule has 0 aliphatic carbocycles. The molecule has 1 unspecified atom stereocenters. The standard InChI is InChI=1S/C20H20ClNO6.Na/c21-16-8-6-14(7-9-16)17(18(23)24)10-11-22-20(26)28-13-12-27-19(25)15-4-2-1-3-5-15;/h1-9,17H,10-13H2,(H,22,26)(H,23,24);/q;+1/p-1. The summed E-state index contributed by atoms with van der Waals surface area (Å²) in [5.74, 6) is -2.64. The number of aliphatic carboxylic acids is 1. The van der Waals surface area contributed by atoms with Crippen molar-refractivity contribution in [2.45, 2.75) is 12.3 Å². The Bertz CT molecular complexity index is 800. The zero-order valence-electron chi connectivity index (χ0n) is 15.9. The number of carbonyl (C=O) groups is 3. The number of halogens is 1. The van der Waals surface area contributed by atoms with Gasteiger partial charge in [-0.15, -0.1) is 0 Å². The van der Waals surface area contributed by atoms with E-state index in [0.717, 1.165) is 0 Å². The average Bonchev–Trinajstić information content (AvgIpc) is 2.70. The molecule has 0 saturated carbocycles. The van der Waals surface area contributed by atoms with Crippen molar-refractivity contribution in [3.8, 4) is 0 Å². The molecule has 0 saturated heterocycles. The van der Waals surface area contributed by atoms with E-state index in [1.54, 1.807) is 54.6 Å². The van der Waals surface area contributed by atoms with Crippen LogP contribution in [0.3, 0.4) is 0 Å². The van der Waals surface area contributed by atoms with E-state index in [0.29, 0.717) is 16.1 Å². The third-order valence-corrected chi connectivity index (χ3v) is 4.07. The molecule has 1 amide bonds. The first-order chi connectivity index (χ1) is 13.5. The van der Waals surface area contributed by atoms with Crippen LogP contribution >= 0.6 is 11.6 Å². The van der Waals surface area contributed by atoms with Crippen LogP contribution in [0.5, 0.6) is 0 Å². The van der Waals surface area contributed by atoms with Crippen LogP contribution in [0.4, 0.5) is 4.79 Å². The minimum Gasteiger partial charge on any atom is -0.549 e. The van der Waals surface area contributed by atoms with E-state index in [1.807, 2.05) is 0 Å².